The van der Waals surface area contributed by atoms with Gasteiger partial charge in [-0.1, -0.05) is 19.1 Å². The zero-order valence-corrected chi connectivity index (χ0v) is 13.0. The van der Waals surface area contributed by atoms with Crippen LogP contribution in [0.4, 0.5) is 5.69 Å². The molecule has 21 heavy (non-hydrogen) atoms. The number of amides is 1. The minimum atomic E-state index is -0.226. The fourth-order valence-electron chi connectivity index (χ4n) is 2.05. The molecule has 0 aliphatic carbocycles. The van der Waals surface area contributed by atoms with Gasteiger partial charge in [0, 0.05) is 18.5 Å². The van der Waals surface area contributed by atoms with Crippen molar-refractivity contribution in [2.75, 3.05) is 5.32 Å². The van der Waals surface area contributed by atoms with Gasteiger partial charge >= 0.3 is 0 Å². The molecule has 112 valence electrons. The van der Waals surface area contributed by atoms with E-state index in [1.54, 1.807) is 11.3 Å². The number of ether oxygens (including phenoxy) is 1. The number of anilines is 1. The second-order valence-corrected chi connectivity index (χ2v) is 5.62. The van der Waals surface area contributed by atoms with Crippen LogP contribution in [-0.2, 0) is 4.79 Å². The van der Waals surface area contributed by atoms with Gasteiger partial charge in [-0.15, -0.1) is 0 Å². The van der Waals surface area contributed by atoms with Crippen LogP contribution in [0.25, 0.3) is 0 Å². The van der Waals surface area contributed by atoms with Crippen molar-refractivity contribution in [1.82, 2.24) is 0 Å². The summed E-state index contributed by atoms with van der Waals surface area (Å²) in [5, 5.41) is 6.83. The summed E-state index contributed by atoms with van der Waals surface area (Å²) >= 11 is 1.62. The average Bonchev–Trinajstić information content (AvgIpc) is 2.99. The van der Waals surface area contributed by atoms with E-state index in [2.05, 4.69) is 5.32 Å². The monoisotopic (exact) mass is 304 g/mol. The second kappa shape index (κ2) is 7.24. The Morgan fingerprint density at radius 3 is 2.76 bits per heavy atom. The van der Waals surface area contributed by atoms with Gasteiger partial charge in [-0.3, -0.25) is 4.79 Å². The number of thiophene rings is 1. The van der Waals surface area contributed by atoms with Crippen molar-refractivity contribution in [3.05, 3.63) is 46.7 Å². The van der Waals surface area contributed by atoms with Crippen LogP contribution in [0.3, 0.4) is 0 Å². The van der Waals surface area contributed by atoms with Gasteiger partial charge in [-0.05, 0) is 35.4 Å². The molecule has 1 heterocycles. The van der Waals surface area contributed by atoms with Crippen molar-refractivity contribution in [2.45, 2.75) is 32.4 Å². The number of nitrogens with one attached hydrogen (secondary N) is 1. The second-order valence-electron chi connectivity index (χ2n) is 4.84. The molecule has 5 heteroatoms. The molecule has 0 aliphatic rings. The predicted octanol–water partition coefficient (Wildman–Crippen LogP) is 3.56. The van der Waals surface area contributed by atoms with E-state index >= 15 is 0 Å². The number of carbonyl (C=O) groups excluding carboxylic acids is 1. The van der Waals surface area contributed by atoms with E-state index in [0.717, 1.165) is 12.0 Å². The number of carbonyl (C=O) groups is 1. The predicted molar refractivity (Wildman–Crippen MR) is 86.7 cm³/mol. The summed E-state index contributed by atoms with van der Waals surface area (Å²) in [7, 11) is 0. The zero-order chi connectivity index (χ0) is 15.2. The summed E-state index contributed by atoms with van der Waals surface area (Å²) in [6.07, 6.45) is 0.583. The molecule has 0 saturated heterocycles. The van der Waals surface area contributed by atoms with Crippen LogP contribution in [0.2, 0.25) is 0 Å². The molecule has 1 aromatic carbocycles. The van der Waals surface area contributed by atoms with Crippen molar-refractivity contribution >= 4 is 22.9 Å². The Balaban J connectivity index is 2.27. The van der Waals surface area contributed by atoms with Crippen molar-refractivity contribution in [2.24, 2.45) is 5.73 Å². The lowest BCUT2D eigenvalue weighted by Gasteiger charge is -2.25. The number of rotatable bonds is 6. The summed E-state index contributed by atoms with van der Waals surface area (Å²) in [6.45, 7) is 3.51. The molecule has 0 spiro atoms. The summed E-state index contributed by atoms with van der Waals surface area (Å²) in [4.78, 5) is 11.3. The molecule has 1 amide bonds. The van der Waals surface area contributed by atoms with Gasteiger partial charge in [-0.2, -0.15) is 11.3 Å². The fraction of sp³-hybridized carbons (Fsp3) is 0.312. The summed E-state index contributed by atoms with van der Waals surface area (Å²) in [6, 6.07) is 9.31. The SMILES string of the molecule is CCC(N)C(Oc1ccccc1NC(C)=O)c1ccsc1. The molecule has 4 nitrogen and oxygen atoms in total. The fourth-order valence-corrected chi connectivity index (χ4v) is 2.74. The van der Waals surface area contributed by atoms with Gasteiger partial charge in [0.25, 0.3) is 0 Å². The third kappa shape index (κ3) is 4.06. The molecular formula is C16H20N2O2S. The average molecular weight is 304 g/mol. The highest BCUT2D eigenvalue weighted by molar-refractivity contribution is 7.07. The van der Waals surface area contributed by atoms with Crippen LogP contribution in [0.15, 0.2) is 41.1 Å². The molecule has 0 fully saturated rings. The van der Waals surface area contributed by atoms with E-state index in [1.165, 1.54) is 6.92 Å². The largest absolute Gasteiger partial charge is 0.482 e. The van der Waals surface area contributed by atoms with Gasteiger partial charge < -0.3 is 15.8 Å². The van der Waals surface area contributed by atoms with Crippen LogP contribution in [0.1, 0.15) is 31.9 Å². The van der Waals surface area contributed by atoms with Crippen LogP contribution in [0, 0.1) is 0 Å². The first-order valence-corrected chi connectivity index (χ1v) is 7.87. The third-order valence-corrected chi connectivity index (χ3v) is 3.89. The molecule has 1 aromatic heterocycles. The maximum absolute atomic E-state index is 11.3. The van der Waals surface area contributed by atoms with Crippen molar-refractivity contribution < 1.29 is 9.53 Å². The molecule has 0 aliphatic heterocycles. The summed E-state index contributed by atoms with van der Waals surface area (Å²) in [5.74, 6) is 0.505. The molecule has 2 rings (SSSR count). The standard InChI is InChI=1S/C16H20N2O2S/c1-3-13(17)16(12-8-9-21-10-12)20-15-7-5-4-6-14(15)18-11(2)19/h4-10,13,16H,3,17H2,1-2H3,(H,18,19). The number of para-hydroxylation sites is 2. The van der Waals surface area contributed by atoms with E-state index in [-0.39, 0.29) is 18.1 Å². The minimum absolute atomic E-state index is 0.106. The maximum atomic E-state index is 11.3. The number of hydrogen-bond acceptors (Lipinski definition) is 4. The third-order valence-electron chi connectivity index (χ3n) is 3.18. The minimum Gasteiger partial charge on any atom is -0.482 e. The van der Waals surface area contributed by atoms with E-state index < -0.39 is 0 Å². The van der Waals surface area contributed by atoms with Crippen molar-refractivity contribution in [3.63, 3.8) is 0 Å². The zero-order valence-electron chi connectivity index (χ0n) is 12.2. The number of hydrogen-bond donors (Lipinski definition) is 2. The van der Waals surface area contributed by atoms with E-state index in [4.69, 9.17) is 10.5 Å². The lowest BCUT2D eigenvalue weighted by atomic mass is 10.0. The molecular weight excluding hydrogens is 284 g/mol. The lowest BCUT2D eigenvalue weighted by molar-refractivity contribution is -0.114. The Morgan fingerprint density at radius 1 is 1.38 bits per heavy atom. The van der Waals surface area contributed by atoms with Crippen LogP contribution < -0.4 is 15.8 Å². The molecule has 2 atom stereocenters. The Labute approximate surface area is 128 Å². The lowest BCUT2D eigenvalue weighted by Crippen LogP contribution is -2.31. The Kier molecular flexibility index (Phi) is 5.36. The smallest absolute Gasteiger partial charge is 0.221 e. The highest BCUT2D eigenvalue weighted by atomic mass is 32.1. The highest BCUT2D eigenvalue weighted by Gasteiger charge is 2.22. The van der Waals surface area contributed by atoms with Gasteiger partial charge in [0.15, 0.2) is 0 Å². The van der Waals surface area contributed by atoms with Crippen LogP contribution in [0.5, 0.6) is 5.75 Å². The summed E-state index contributed by atoms with van der Waals surface area (Å²) < 4.78 is 6.11. The van der Waals surface area contributed by atoms with E-state index in [1.807, 2.05) is 48.0 Å². The topological polar surface area (TPSA) is 64.3 Å². The van der Waals surface area contributed by atoms with E-state index in [9.17, 15) is 4.79 Å². The molecule has 0 bridgehead atoms. The first kappa shape index (κ1) is 15.5. The quantitative estimate of drug-likeness (QED) is 0.857. The van der Waals surface area contributed by atoms with Gasteiger partial charge in [0.05, 0.1) is 5.69 Å². The van der Waals surface area contributed by atoms with Gasteiger partial charge in [-0.25, -0.2) is 0 Å². The van der Waals surface area contributed by atoms with Gasteiger partial charge in [0.2, 0.25) is 5.91 Å². The molecule has 0 radical (unpaired) electrons. The molecule has 3 N–H and O–H groups in total. The maximum Gasteiger partial charge on any atom is 0.221 e. The Bertz CT molecular complexity index is 584. The molecule has 2 unspecified atom stereocenters. The molecule has 0 saturated carbocycles. The Morgan fingerprint density at radius 2 is 2.14 bits per heavy atom. The Hall–Kier alpha value is -1.85. The highest BCUT2D eigenvalue weighted by Crippen LogP contribution is 2.31. The normalized spacial score (nSPS) is 13.5. The first-order valence-electron chi connectivity index (χ1n) is 6.92. The first-order chi connectivity index (χ1) is 10.1. The van der Waals surface area contributed by atoms with Crippen LogP contribution in [-0.4, -0.2) is 11.9 Å². The van der Waals surface area contributed by atoms with E-state index in [0.29, 0.717) is 11.4 Å². The van der Waals surface area contributed by atoms with Crippen molar-refractivity contribution in [1.29, 1.82) is 0 Å². The van der Waals surface area contributed by atoms with Crippen LogP contribution >= 0.6 is 11.3 Å². The van der Waals surface area contributed by atoms with Gasteiger partial charge in [0.1, 0.15) is 11.9 Å². The molecule has 2 aromatic rings. The number of benzene rings is 1. The number of nitrogens with two attached hydrogens (primary N) is 1. The summed E-state index contributed by atoms with van der Waals surface area (Å²) in [5.41, 5.74) is 7.92. The van der Waals surface area contributed by atoms with Crippen molar-refractivity contribution in [3.8, 4) is 5.75 Å².